The molecule has 29 heavy (non-hydrogen) atoms. The maximum absolute atomic E-state index is 12.5. The van der Waals surface area contributed by atoms with E-state index in [0.29, 0.717) is 22.0 Å². The monoisotopic (exact) mass is 417 g/mol. The topological polar surface area (TPSA) is 81.7 Å². The molecule has 0 spiro atoms. The van der Waals surface area contributed by atoms with Gasteiger partial charge in [0.15, 0.2) is 12.7 Å². The maximum atomic E-state index is 12.5. The fraction of sp³-hybridized carbons (Fsp3) is 0.318. The highest BCUT2D eigenvalue weighted by molar-refractivity contribution is 6.32. The lowest BCUT2D eigenvalue weighted by Crippen LogP contribution is -2.28. The minimum atomic E-state index is -0.979. The van der Waals surface area contributed by atoms with Gasteiger partial charge in [0.05, 0.1) is 5.02 Å². The SMILES string of the molecule is C[C@@H](OC(=O)COc1ccccc1Cl)C(=O)c1ccc(NC(=O)C(C)(C)C)cc1. The Morgan fingerprint density at radius 3 is 2.24 bits per heavy atom. The minimum Gasteiger partial charge on any atom is -0.480 e. The van der Waals surface area contributed by atoms with Gasteiger partial charge in [-0.1, -0.05) is 44.5 Å². The average Bonchev–Trinajstić information content (AvgIpc) is 2.66. The van der Waals surface area contributed by atoms with Gasteiger partial charge in [0.1, 0.15) is 5.75 Å². The summed E-state index contributed by atoms with van der Waals surface area (Å²) in [6.45, 7) is 6.56. The molecule has 7 heteroatoms. The van der Waals surface area contributed by atoms with E-state index >= 15 is 0 Å². The largest absolute Gasteiger partial charge is 0.480 e. The predicted molar refractivity (Wildman–Crippen MR) is 111 cm³/mol. The quantitative estimate of drug-likeness (QED) is 0.529. The van der Waals surface area contributed by atoms with Crippen molar-refractivity contribution in [1.82, 2.24) is 0 Å². The van der Waals surface area contributed by atoms with Gasteiger partial charge in [0, 0.05) is 16.7 Å². The summed E-state index contributed by atoms with van der Waals surface area (Å²) < 4.78 is 10.4. The van der Waals surface area contributed by atoms with E-state index in [1.54, 1.807) is 48.5 Å². The van der Waals surface area contributed by atoms with Gasteiger partial charge >= 0.3 is 5.97 Å². The minimum absolute atomic E-state index is 0.127. The molecule has 2 aromatic carbocycles. The molecule has 0 aliphatic carbocycles. The van der Waals surface area contributed by atoms with E-state index in [4.69, 9.17) is 21.1 Å². The number of rotatable bonds is 7. The lowest BCUT2D eigenvalue weighted by Gasteiger charge is -2.18. The van der Waals surface area contributed by atoms with E-state index in [2.05, 4.69) is 5.32 Å². The first-order valence-corrected chi connectivity index (χ1v) is 9.48. The van der Waals surface area contributed by atoms with Gasteiger partial charge in [-0.2, -0.15) is 0 Å². The van der Waals surface area contributed by atoms with Crippen molar-refractivity contribution in [2.45, 2.75) is 33.8 Å². The molecule has 0 saturated heterocycles. The number of carbonyl (C=O) groups excluding carboxylic acids is 3. The highest BCUT2D eigenvalue weighted by Crippen LogP contribution is 2.23. The van der Waals surface area contributed by atoms with Crippen LogP contribution in [0.4, 0.5) is 5.69 Å². The normalized spacial score (nSPS) is 12.0. The number of amides is 1. The summed E-state index contributed by atoms with van der Waals surface area (Å²) in [6.07, 6.45) is -0.979. The molecule has 1 N–H and O–H groups in total. The number of ether oxygens (including phenoxy) is 2. The Labute approximate surface area is 175 Å². The third kappa shape index (κ3) is 6.61. The van der Waals surface area contributed by atoms with E-state index in [0.717, 1.165) is 0 Å². The van der Waals surface area contributed by atoms with Crippen LogP contribution >= 0.6 is 11.6 Å². The molecular weight excluding hydrogens is 394 g/mol. The summed E-state index contributed by atoms with van der Waals surface area (Å²) in [4.78, 5) is 36.4. The number of Topliss-reactive ketones (excluding diaryl/α,β-unsaturated/α-hetero) is 1. The summed E-state index contributed by atoms with van der Waals surface area (Å²) in [5.41, 5.74) is 0.425. The number of benzene rings is 2. The van der Waals surface area contributed by atoms with Crippen molar-refractivity contribution >= 4 is 34.9 Å². The van der Waals surface area contributed by atoms with Crippen LogP contribution in [-0.2, 0) is 14.3 Å². The van der Waals surface area contributed by atoms with Gasteiger partial charge in [-0.15, -0.1) is 0 Å². The second-order valence-electron chi connectivity index (χ2n) is 7.50. The van der Waals surface area contributed by atoms with Crippen molar-refractivity contribution in [2.75, 3.05) is 11.9 Å². The van der Waals surface area contributed by atoms with Crippen LogP contribution in [0.3, 0.4) is 0 Å². The van der Waals surface area contributed by atoms with Gasteiger partial charge in [0.2, 0.25) is 11.7 Å². The van der Waals surface area contributed by atoms with Crippen LogP contribution in [0.15, 0.2) is 48.5 Å². The molecule has 6 nitrogen and oxygen atoms in total. The molecular formula is C22H24ClNO5. The van der Waals surface area contributed by atoms with Gasteiger partial charge in [0.25, 0.3) is 0 Å². The molecule has 1 amide bonds. The van der Waals surface area contributed by atoms with E-state index in [1.165, 1.54) is 6.92 Å². The Morgan fingerprint density at radius 2 is 1.66 bits per heavy atom. The third-order valence-electron chi connectivity index (χ3n) is 3.97. The van der Waals surface area contributed by atoms with E-state index in [1.807, 2.05) is 20.8 Å². The van der Waals surface area contributed by atoms with Crippen LogP contribution in [0, 0.1) is 5.41 Å². The number of ketones is 1. The van der Waals surface area contributed by atoms with Crippen LogP contribution < -0.4 is 10.1 Å². The van der Waals surface area contributed by atoms with Crippen LogP contribution in [0.5, 0.6) is 5.75 Å². The smallest absolute Gasteiger partial charge is 0.344 e. The Kier molecular flexibility index (Phi) is 7.40. The van der Waals surface area contributed by atoms with Crippen LogP contribution in [0.1, 0.15) is 38.1 Å². The molecule has 154 valence electrons. The van der Waals surface area contributed by atoms with E-state index in [-0.39, 0.29) is 18.3 Å². The maximum Gasteiger partial charge on any atom is 0.344 e. The van der Waals surface area contributed by atoms with Crippen molar-refractivity contribution in [1.29, 1.82) is 0 Å². The summed E-state index contributed by atoms with van der Waals surface area (Å²) in [7, 11) is 0. The second kappa shape index (κ2) is 9.56. The Morgan fingerprint density at radius 1 is 1.03 bits per heavy atom. The standard InChI is InChI=1S/C22H24ClNO5/c1-14(29-19(25)13-28-18-8-6-5-7-17(18)23)20(26)15-9-11-16(12-10-15)24-21(27)22(2,3)4/h5-12,14H,13H2,1-4H3,(H,24,27)/t14-/m1/s1. The summed E-state index contributed by atoms with van der Waals surface area (Å²) in [6, 6.07) is 13.2. The van der Waals surface area contributed by atoms with Crippen molar-refractivity contribution in [3.63, 3.8) is 0 Å². The molecule has 0 heterocycles. The van der Waals surface area contributed by atoms with E-state index < -0.39 is 17.5 Å². The average molecular weight is 418 g/mol. The lowest BCUT2D eigenvalue weighted by atomic mass is 9.95. The van der Waals surface area contributed by atoms with Crippen molar-refractivity contribution in [3.8, 4) is 5.75 Å². The second-order valence-corrected chi connectivity index (χ2v) is 7.90. The molecule has 2 aromatic rings. The fourth-order valence-electron chi connectivity index (χ4n) is 2.25. The third-order valence-corrected chi connectivity index (χ3v) is 4.28. The zero-order valence-corrected chi connectivity index (χ0v) is 17.6. The van der Waals surface area contributed by atoms with Crippen molar-refractivity contribution < 1.29 is 23.9 Å². The zero-order chi connectivity index (χ0) is 21.6. The number of anilines is 1. The van der Waals surface area contributed by atoms with Gasteiger partial charge in [-0.25, -0.2) is 4.79 Å². The molecule has 1 atom stereocenters. The summed E-state index contributed by atoms with van der Waals surface area (Å²) in [5.74, 6) is -0.806. The molecule has 0 saturated carbocycles. The molecule has 0 unspecified atom stereocenters. The number of hydrogen-bond acceptors (Lipinski definition) is 5. The lowest BCUT2D eigenvalue weighted by molar-refractivity contribution is -0.148. The number of hydrogen-bond donors (Lipinski definition) is 1. The molecule has 0 aromatic heterocycles. The first-order valence-electron chi connectivity index (χ1n) is 9.10. The van der Waals surface area contributed by atoms with Gasteiger partial charge in [-0.05, 0) is 43.3 Å². The number of carbonyl (C=O) groups is 3. The summed E-state index contributed by atoms with van der Waals surface area (Å²) in [5, 5.41) is 3.16. The predicted octanol–water partition coefficient (Wildman–Crippen LogP) is 4.52. The van der Waals surface area contributed by atoms with Crippen molar-refractivity contribution in [3.05, 3.63) is 59.1 Å². The molecule has 2 rings (SSSR count). The first-order chi connectivity index (χ1) is 13.6. The Balaban J connectivity index is 1.89. The summed E-state index contributed by atoms with van der Waals surface area (Å²) >= 11 is 5.96. The number of halogens is 1. The Hall–Kier alpha value is -2.86. The molecule has 0 aliphatic rings. The number of esters is 1. The van der Waals surface area contributed by atoms with E-state index in [9.17, 15) is 14.4 Å². The van der Waals surface area contributed by atoms with Crippen LogP contribution in [0.25, 0.3) is 0 Å². The zero-order valence-electron chi connectivity index (χ0n) is 16.8. The van der Waals surface area contributed by atoms with Gasteiger partial charge in [-0.3, -0.25) is 9.59 Å². The molecule has 0 bridgehead atoms. The van der Waals surface area contributed by atoms with Crippen LogP contribution in [-0.4, -0.2) is 30.4 Å². The first kappa shape index (κ1) is 22.4. The highest BCUT2D eigenvalue weighted by atomic mass is 35.5. The fourth-order valence-corrected chi connectivity index (χ4v) is 2.44. The van der Waals surface area contributed by atoms with Gasteiger partial charge < -0.3 is 14.8 Å². The molecule has 0 aliphatic heterocycles. The number of para-hydroxylation sites is 1. The Bertz CT molecular complexity index is 887. The molecule has 0 fully saturated rings. The number of nitrogens with one attached hydrogen (secondary N) is 1. The van der Waals surface area contributed by atoms with Crippen LogP contribution in [0.2, 0.25) is 5.02 Å². The highest BCUT2D eigenvalue weighted by Gasteiger charge is 2.22. The van der Waals surface area contributed by atoms with Crippen molar-refractivity contribution in [2.24, 2.45) is 5.41 Å². The molecule has 0 radical (unpaired) electrons.